The number of ether oxygens (including phenoxy) is 1. The number of hydrogen-bond acceptors (Lipinski definition) is 3. The highest BCUT2D eigenvalue weighted by atomic mass is 16.5. The van der Waals surface area contributed by atoms with E-state index in [1.807, 2.05) is 41.5 Å². The summed E-state index contributed by atoms with van der Waals surface area (Å²) in [5, 5.41) is 6.09. The van der Waals surface area contributed by atoms with Gasteiger partial charge in [0.25, 0.3) is 5.91 Å². The maximum Gasteiger partial charge on any atom is 0.255 e. The van der Waals surface area contributed by atoms with Crippen molar-refractivity contribution < 1.29 is 9.53 Å². The van der Waals surface area contributed by atoms with Gasteiger partial charge in [-0.25, -0.2) is 0 Å². The third-order valence-corrected chi connectivity index (χ3v) is 3.59. The molecule has 1 amide bonds. The molecule has 5 nitrogen and oxygen atoms in total. The molecule has 2 rings (SSSR count). The van der Waals surface area contributed by atoms with Crippen molar-refractivity contribution in [2.24, 2.45) is 4.99 Å². The Morgan fingerprint density at radius 2 is 1.89 bits per heavy atom. The van der Waals surface area contributed by atoms with Gasteiger partial charge >= 0.3 is 0 Å². The van der Waals surface area contributed by atoms with Gasteiger partial charge in [0.1, 0.15) is 0 Å². The van der Waals surface area contributed by atoms with Crippen LogP contribution in [-0.2, 0) is 9.53 Å². The number of hydrogen-bond donors (Lipinski definition) is 2. The lowest BCUT2D eigenvalue weighted by Gasteiger charge is -2.33. The Balaban J connectivity index is 2.36. The summed E-state index contributed by atoms with van der Waals surface area (Å²) in [4.78, 5) is 16.7. The van der Waals surface area contributed by atoms with Crippen LogP contribution in [0.3, 0.4) is 0 Å². The Bertz CT molecular complexity index is 412. The number of carbonyl (C=O) groups excluding carboxylic acids is 1. The summed E-state index contributed by atoms with van der Waals surface area (Å²) < 4.78 is 6.02. The lowest BCUT2D eigenvalue weighted by Crippen LogP contribution is -2.59. The summed E-state index contributed by atoms with van der Waals surface area (Å²) in [6.07, 6.45) is 0.635. The minimum absolute atomic E-state index is 0.0440. The molecule has 0 aromatic rings. The molecule has 2 N–H and O–H groups in total. The fourth-order valence-electron chi connectivity index (χ4n) is 3.04. The third-order valence-electron chi connectivity index (χ3n) is 3.59. The number of nitrogens with zero attached hydrogens (tertiary/aromatic N) is 1. The van der Waals surface area contributed by atoms with E-state index in [2.05, 4.69) is 15.6 Å². The van der Waals surface area contributed by atoms with Crippen LogP contribution in [0.25, 0.3) is 0 Å². The zero-order valence-electron chi connectivity index (χ0n) is 12.0. The summed E-state index contributed by atoms with van der Waals surface area (Å²) in [5.74, 6) is 0.516. The molecule has 2 saturated heterocycles. The van der Waals surface area contributed by atoms with E-state index in [0.717, 1.165) is 0 Å². The molecule has 1 unspecified atom stereocenters. The first-order valence-electron chi connectivity index (χ1n) is 6.46. The van der Waals surface area contributed by atoms with Gasteiger partial charge in [0.05, 0.1) is 11.2 Å². The highest BCUT2D eigenvalue weighted by molar-refractivity contribution is 6.10. The molecule has 0 bridgehead atoms. The van der Waals surface area contributed by atoms with Crippen LogP contribution < -0.4 is 10.6 Å². The predicted octanol–water partition coefficient (Wildman–Crippen LogP) is 1.19. The van der Waals surface area contributed by atoms with E-state index in [9.17, 15) is 4.79 Å². The minimum Gasteiger partial charge on any atom is -0.367 e. The number of guanidine groups is 1. The quantitative estimate of drug-likeness (QED) is 0.738. The van der Waals surface area contributed by atoms with E-state index >= 15 is 0 Å². The van der Waals surface area contributed by atoms with E-state index in [1.165, 1.54) is 0 Å². The van der Waals surface area contributed by atoms with Crippen molar-refractivity contribution in [2.45, 2.75) is 70.7 Å². The van der Waals surface area contributed by atoms with Crippen LogP contribution >= 0.6 is 0 Å². The first kappa shape index (κ1) is 13.3. The molecule has 0 aromatic heterocycles. The second-order valence-corrected chi connectivity index (χ2v) is 6.60. The smallest absolute Gasteiger partial charge is 0.255 e. The standard InChI is InChI=1S/C13H23N3O2/c1-8(2)14-10-15-9(17)13(16-10)7-11(3,4)18-12(13,5)6/h8H,7H2,1-6H3,(H2,14,15,16,17). The van der Waals surface area contributed by atoms with Crippen molar-refractivity contribution in [2.75, 3.05) is 0 Å². The Morgan fingerprint density at radius 1 is 1.28 bits per heavy atom. The van der Waals surface area contributed by atoms with Gasteiger partial charge in [-0.3, -0.25) is 15.1 Å². The molecule has 0 saturated carbocycles. The summed E-state index contributed by atoms with van der Waals surface area (Å²) in [6.45, 7) is 11.9. The first-order valence-corrected chi connectivity index (χ1v) is 6.46. The van der Waals surface area contributed by atoms with Crippen molar-refractivity contribution in [3.8, 4) is 0 Å². The van der Waals surface area contributed by atoms with E-state index in [4.69, 9.17) is 4.74 Å². The largest absolute Gasteiger partial charge is 0.367 e. The van der Waals surface area contributed by atoms with Crippen molar-refractivity contribution >= 4 is 11.9 Å². The zero-order valence-corrected chi connectivity index (χ0v) is 12.0. The van der Waals surface area contributed by atoms with Gasteiger partial charge in [-0.15, -0.1) is 0 Å². The average Bonchev–Trinajstić information content (AvgIpc) is 2.47. The molecule has 0 aromatic carbocycles. The summed E-state index contributed by atoms with van der Waals surface area (Å²) in [6, 6.07) is 0.140. The maximum absolute atomic E-state index is 12.4. The van der Waals surface area contributed by atoms with Gasteiger partial charge in [0.2, 0.25) is 0 Å². The van der Waals surface area contributed by atoms with Crippen LogP contribution in [0.1, 0.15) is 48.0 Å². The van der Waals surface area contributed by atoms with Crippen LogP contribution in [0.4, 0.5) is 0 Å². The van der Waals surface area contributed by atoms with Crippen LogP contribution in [0.15, 0.2) is 4.99 Å². The maximum atomic E-state index is 12.4. The van der Waals surface area contributed by atoms with Crippen LogP contribution in [0, 0.1) is 0 Å². The Hall–Kier alpha value is -1.10. The molecule has 1 atom stereocenters. The number of amides is 1. The van der Waals surface area contributed by atoms with Gasteiger partial charge in [-0.05, 0) is 41.5 Å². The fraction of sp³-hybridized carbons (Fsp3) is 0.846. The Kier molecular flexibility index (Phi) is 2.74. The Labute approximate surface area is 108 Å². The van der Waals surface area contributed by atoms with Gasteiger partial charge in [-0.1, -0.05) is 0 Å². The molecule has 5 heteroatoms. The molecule has 1 spiro atoms. The highest BCUT2D eigenvalue weighted by Gasteiger charge is 2.64. The molecule has 2 aliphatic rings. The summed E-state index contributed by atoms with van der Waals surface area (Å²) in [5.41, 5.74) is -1.60. The van der Waals surface area contributed by atoms with Crippen molar-refractivity contribution in [1.29, 1.82) is 0 Å². The molecule has 0 radical (unpaired) electrons. The van der Waals surface area contributed by atoms with E-state index in [-0.39, 0.29) is 17.6 Å². The average molecular weight is 253 g/mol. The van der Waals surface area contributed by atoms with Crippen LogP contribution in [-0.4, -0.2) is 34.6 Å². The fourth-order valence-corrected chi connectivity index (χ4v) is 3.04. The second kappa shape index (κ2) is 3.70. The third kappa shape index (κ3) is 1.90. The van der Waals surface area contributed by atoms with Crippen LogP contribution in [0.2, 0.25) is 0 Å². The lowest BCUT2D eigenvalue weighted by molar-refractivity contribution is -0.131. The second-order valence-electron chi connectivity index (χ2n) is 6.60. The topological polar surface area (TPSA) is 62.7 Å². The molecular weight excluding hydrogens is 230 g/mol. The van der Waals surface area contributed by atoms with Crippen molar-refractivity contribution in [1.82, 2.24) is 10.6 Å². The van der Waals surface area contributed by atoms with Gasteiger partial charge in [0, 0.05) is 12.5 Å². The molecule has 2 heterocycles. The van der Waals surface area contributed by atoms with Crippen LogP contribution in [0.5, 0.6) is 0 Å². The van der Waals surface area contributed by atoms with Gasteiger partial charge in [-0.2, -0.15) is 0 Å². The number of carbonyl (C=O) groups is 1. The molecule has 2 aliphatic heterocycles. The van der Waals surface area contributed by atoms with Gasteiger partial charge in [0.15, 0.2) is 11.5 Å². The number of aliphatic imine (C=N–C) groups is 1. The normalized spacial score (nSPS) is 35.3. The number of rotatable bonds is 1. The summed E-state index contributed by atoms with van der Waals surface area (Å²) in [7, 11) is 0. The molecule has 0 aliphatic carbocycles. The SMILES string of the molecule is CC(C)N=C1NC(=O)C2(CC(C)(C)OC2(C)C)N1. The van der Waals surface area contributed by atoms with Crippen molar-refractivity contribution in [3.63, 3.8) is 0 Å². The first-order chi connectivity index (χ1) is 8.08. The molecule has 2 fully saturated rings. The minimum atomic E-state index is -0.718. The van der Waals surface area contributed by atoms with Gasteiger partial charge < -0.3 is 10.1 Å². The molecule has 18 heavy (non-hydrogen) atoms. The van der Waals surface area contributed by atoms with E-state index < -0.39 is 11.1 Å². The van der Waals surface area contributed by atoms with Crippen molar-refractivity contribution in [3.05, 3.63) is 0 Å². The Morgan fingerprint density at radius 3 is 2.33 bits per heavy atom. The lowest BCUT2D eigenvalue weighted by atomic mass is 9.79. The zero-order chi connectivity index (χ0) is 13.8. The van der Waals surface area contributed by atoms with E-state index in [1.54, 1.807) is 0 Å². The molecule has 102 valence electrons. The highest BCUT2D eigenvalue weighted by Crippen LogP contribution is 2.46. The predicted molar refractivity (Wildman–Crippen MR) is 70.4 cm³/mol. The monoisotopic (exact) mass is 253 g/mol. The number of nitrogens with one attached hydrogen (secondary N) is 2. The van der Waals surface area contributed by atoms with E-state index in [0.29, 0.717) is 12.4 Å². The summed E-state index contributed by atoms with van der Waals surface area (Å²) >= 11 is 0. The molecular formula is C13H23N3O2.